The molecule has 1 aliphatic rings. The molecule has 1 aliphatic heterocycles. The van der Waals surface area contributed by atoms with Gasteiger partial charge in [-0.15, -0.1) is 0 Å². The molecule has 7 nitrogen and oxygen atoms in total. The summed E-state index contributed by atoms with van der Waals surface area (Å²) in [6, 6.07) is 10.1. The fourth-order valence-electron chi connectivity index (χ4n) is 2.83. The van der Waals surface area contributed by atoms with Crippen molar-refractivity contribution < 1.29 is 24.2 Å². The van der Waals surface area contributed by atoms with Gasteiger partial charge in [-0.25, -0.2) is 9.59 Å². The molecule has 27 heavy (non-hydrogen) atoms. The van der Waals surface area contributed by atoms with Crippen LogP contribution in [0.25, 0.3) is 5.70 Å². The Bertz CT molecular complexity index is 924. The summed E-state index contributed by atoms with van der Waals surface area (Å²) in [5.41, 5.74) is 1.67. The Hall–Kier alpha value is -3.19. The van der Waals surface area contributed by atoms with Gasteiger partial charge < -0.3 is 25.2 Å². The van der Waals surface area contributed by atoms with E-state index < -0.39 is 18.0 Å². The van der Waals surface area contributed by atoms with E-state index in [1.54, 1.807) is 37.4 Å². The van der Waals surface area contributed by atoms with Gasteiger partial charge in [-0.05, 0) is 47.5 Å². The third kappa shape index (κ3) is 3.68. The number of nitrogens with one attached hydrogen (secondary N) is 2. The van der Waals surface area contributed by atoms with Gasteiger partial charge in [0.05, 0.1) is 36.6 Å². The highest BCUT2D eigenvalue weighted by Crippen LogP contribution is 2.35. The number of benzene rings is 2. The van der Waals surface area contributed by atoms with E-state index in [9.17, 15) is 14.7 Å². The number of esters is 1. The molecule has 0 bridgehead atoms. The second-order valence-corrected chi connectivity index (χ2v) is 6.16. The molecule has 0 fully saturated rings. The van der Waals surface area contributed by atoms with E-state index in [1.807, 2.05) is 0 Å². The van der Waals surface area contributed by atoms with Crippen LogP contribution in [0.2, 0.25) is 5.02 Å². The third-order valence-corrected chi connectivity index (χ3v) is 4.46. The van der Waals surface area contributed by atoms with Crippen LogP contribution in [-0.2, 0) is 9.53 Å². The van der Waals surface area contributed by atoms with Crippen molar-refractivity contribution in [1.82, 2.24) is 10.6 Å². The van der Waals surface area contributed by atoms with Crippen molar-refractivity contribution >= 4 is 29.3 Å². The van der Waals surface area contributed by atoms with E-state index in [0.717, 1.165) is 0 Å². The van der Waals surface area contributed by atoms with Crippen LogP contribution in [0.5, 0.6) is 11.5 Å². The second-order valence-electron chi connectivity index (χ2n) is 5.75. The van der Waals surface area contributed by atoms with Crippen molar-refractivity contribution in [2.45, 2.75) is 6.04 Å². The molecule has 0 saturated carbocycles. The van der Waals surface area contributed by atoms with Gasteiger partial charge in [-0.1, -0.05) is 17.7 Å². The molecular weight excluding hydrogens is 372 g/mol. The first-order valence-corrected chi connectivity index (χ1v) is 8.35. The number of phenolic OH excluding ortho intramolecular Hbond substituents is 1. The molecule has 2 aromatic rings. The summed E-state index contributed by atoms with van der Waals surface area (Å²) in [5, 5.41) is 15.1. The number of hydrogen-bond donors (Lipinski definition) is 3. The van der Waals surface area contributed by atoms with Crippen LogP contribution >= 0.6 is 11.6 Å². The lowest BCUT2D eigenvalue weighted by Gasteiger charge is -2.29. The van der Waals surface area contributed by atoms with Gasteiger partial charge in [0.25, 0.3) is 0 Å². The predicted octanol–water partition coefficient (Wildman–Crippen LogP) is 2.99. The van der Waals surface area contributed by atoms with Gasteiger partial charge in [0.2, 0.25) is 0 Å². The number of urea groups is 1. The highest BCUT2D eigenvalue weighted by atomic mass is 35.5. The Labute approximate surface area is 160 Å². The Balaban J connectivity index is 2.17. The molecule has 1 unspecified atom stereocenters. The number of aromatic hydroxyl groups is 1. The van der Waals surface area contributed by atoms with Gasteiger partial charge in [-0.3, -0.25) is 0 Å². The summed E-state index contributed by atoms with van der Waals surface area (Å²) in [7, 11) is 2.81. The van der Waals surface area contributed by atoms with Crippen LogP contribution in [0.4, 0.5) is 4.79 Å². The summed E-state index contributed by atoms with van der Waals surface area (Å²) in [6.45, 7) is 0. The van der Waals surface area contributed by atoms with Crippen LogP contribution in [0.15, 0.2) is 48.0 Å². The number of amides is 2. The second kappa shape index (κ2) is 7.59. The summed E-state index contributed by atoms with van der Waals surface area (Å²) < 4.78 is 10.1. The quantitative estimate of drug-likeness (QED) is 0.699. The Morgan fingerprint density at radius 2 is 1.85 bits per heavy atom. The minimum atomic E-state index is -0.804. The molecule has 0 aromatic heterocycles. The van der Waals surface area contributed by atoms with E-state index in [1.165, 1.54) is 19.2 Å². The summed E-state index contributed by atoms with van der Waals surface area (Å²) in [6.07, 6.45) is 0. The van der Waals surface area contributed by atoms with E-state index >= 15 is 0 Å². The van der Waals surface area contributed by atoms with Crippen LogP contribution in [-0.4, -0.2) is 31.3 Å². The van der Waals surface area contributed by atoms with Crippen molar-refractivity contribution in [2.24, 2.45) is 0 Å². The molecule has 0 spiro atoms. The standard InChI is InChI=1S/C19H17ClN2O5/c1-26-12-6-3-10(4-7-12)16-15(18(24)27-2)17(22-19(25)21-16)11-5-8-14(23)13(20)9-11/h3-9,17,23H,1-2H3,(H2,21,22,25). The van der Waals surface area contributed by atoms with Gasteiger partial charge in [-0.2, -0.15) is 0 Å². The average Bonchev–Trinajstić information content (AvgIpc) is 2.69. The fraction of sp³-hybridized carbons (Fsp3) is 0.158. The van der Waals surface area contributed by atoms with Gasteiger partial charge in [0.1, 0.15) is 11.5 Å². The Morgan fingerprint density at radius 3 is 2.44 bits per heavy atom. The predicted molar refractivity (Wildman–Crippen MR) is 99.5 cm³/mol. The van der Waals surface area contributed by atoms with Crippen molar-refractivity contribution in [3.05, 3.63) is 64.2 Å². The lowest BCUT2D eigenvalue weighted by molar-refractivity contribution is -0.136. The van der Waals surface area contributed by atoms with Gasteiger partial charge >= 0.3 is 12.0 Å². The maximum atomic E-state index is 12.5. The molecule has 2 aromatic carbocycles. The molecule has 2 amide bonds. The highest BCUT2D eigenvalue weighted by Gasteiger charge is 2.34. The molecule has 8 heteroatoms. The maximum absolute atomic E-state index is 12.5. The van der Waals surface area contributed by atoms with Gasteiger partial charge in [0.15, 0.2) is 0 Å². The topological polar surface area (TPSA) is 96.9 Å². The number of hydrogen-bond acceptors (Lipinski definition) is 5. The minimum absolute atomic E-state index is 0.0975. The summed E-state index contributed by atoms with van der Waals surface area (Å²) >= 11 is 5.99. The number of ether oxygens (including phenoxy) is 2. The number of carbonyl (C=O) groups excluding carboxylic acids is 2. The zero-order chi connectivity index (χ0) is 19.6. The van der Waals surface area contributed by atoms with E-state index in [4.69, 9.17) is 21.1 Å². The maximum Gasteiger partial charge on any atom is 0.338 e. The number of phenols is 1. The Kier molecular flexibility index (Phi) is 5.23. The first kappa shape index (κ1) is 18.6. The summed E-state index contributed by atoms with van der Waals surface area (Å²) in [5.74, 6) is -0.0664. The number of rotatable bonds is 4. The minimum Gasteiger partial charge on any atom is -0.506 e. The Morgan fingerprint density at radius 1 is 1.15 bits per heavy atom. The molecule has 1 atom stereocenters. The monoisotopic (exact) mass is 388 g/mol. The van der Waals surface area contributed by atoms with Crippen molar-refractivity contribution in [3.63, 3.8) is 0 Å². The van der Waals surface area contributed by atoms with E-state index in [0.29, 0.717) is 22.6 Å². The highest BCUT2D eigenvalue weighted by molar-refractivity contribution is 6.32. The molecular formula is C19H17ClN2O5. The lowest BCUT2D eigenvalue weighted by atomic mass is 9.92. The molecule has 3 N–H and O–H groups in total. The van der Waals surface area contributed by atoms with Crippen LogP contribution in [0.3, 0.4) is 0 Å². The molecule has 0 saturated heterocycles. The molecule has 0 aliphatic carbocycles. The largest absolute Gasteiger partial charge is 0.506 e. The third-order valence-electron chi connectivity index (χ3n) is 4.16. The molecule has 1 heterocycles. The number of carbonyl (C=O) groups is 2. The average molecular weight is 389 g/mol. The first-order valence-electron chi connectivity index (χ1n) is 7.97. The number of methoxy groups -OCH3 is 2. The first-order chi connectivity index (χ1) is 12.9. The lowest BCUT2D eigenvalue weighted by Crippen LogP contribution is -2.45. The van der Waals surface area contributed by atoms with Crippen molar-refractivity contribution in [2.75, 3.05) is 14.2 Å². The molecule has 140 valence electrons. The SMILES string of the molecule is COC(=O)C1=C(c2ccc(OC)cc2)NC(=O)NC1c1ccc(O)c(Cl)c1. The van der Waals surface area contributed by atoms with E-state index in [-0.39, 0.29) is 16.3 Å². The zero-order valence-corrected chi connectivity index (χ0v) is 15.3. The van der Waals surface area contributed by atoms with Gasteiger partial charge in [0, 0.05) is 0 Å². The van der Waals surface area contributed by atoms with Crippen LogP contribution < -0.4 is 15.4 Å². The smallest absolute Gasteiger partial charge is 0.338 e. The fourth-order valence-corrected chi connectivity index (χ4v) is 3.02. The normalized spacial score (nSPS) is 16.4. The number of halogens is 1. The zero-order valence-electron chi connectivity index (χ0n) is 14.6. The summed E-state index contributed by atoms with van der Waals surface area (Å²) in [4.78, 5) is 24.8. The van der Waals surface area contributed by atoms with Crippen molar-refractivity contribution in [3.8, 4) is 11.5 Å². The van der Waals surface area contributed by atoms with Crippen LogP contribution in [0.1, 0.15) is 17.2 Å². The van der Waals surface area contributed by atoms with Crippen molar-refractivity contribution in [1.29, 1.82) is 0 Å². The molecule has 3 rings (SSSR count). The van der Waals surface area contributed by atoms with E-state index in [2.05, 4.69) is 10.6 Å². The van der Waals surface area contributed by atoms with Crippen LogP contribution in [0, 0.1) is 0 Å². The molecule has 0 radical (unpaired) electrons.